The molecule has 1 heterocycles. The largest absolute Gasteiger partial charge is 0.462 e. The molecule has 1 aromatic heterocycles. The van der Waals surface area contributed by atoms with Crippen LogP contribution in [0.25, 0.3) is 0 Å². The van der Waals surface area contributed by atoms with Crippen molar-refractivity contribution < 1.29 is 19.1 Å². The van der Waals surface area contributed by atoms with Gasteiger partial charge in [-0.15, -0.1) is 0 Å². The zero-order chi connectivity index (χ0) is 21.7. The number of anilines is 1. The minimum atomic E-state index is -0.482. The Kier molecular flexibility index (Phi) is 5.45. The Labute approximate surface area is 182 Å². The maximum Gasteiger partial charge on any atom is 0.343 e. The maximum absolute atomic E-state index is 13.1. The molecule has 1 aromatic rings. The summed E-state index contributed by atoms with van der Waals surface area (Å²) in [5, 5.41) is 3.57. The first-order valence-electron chi connectivity index (χ1n) is 10.8. The third-order valence-corrected chi connectivity index (χ3v) is 6.85. The molecule has 0 aromatic carbocycles. The van der Waals surface area contributed by atoms with E-state index in [-0.39, 0.29) is 34.9 Å². The zero-order valence-electron chi connectivity index (χ0n) is 18.0. The minimum absolute atomic E-state index is 0.0508. The van der Waals surface area contributed by atoms with Crippen molar-refractivity contribution in [3.63, 3.8) is 0 Å². The number of nitrogens with one attached hydrogen (secondary N) is 1. The van der Waals surface area contributed by atoms with Gasteiger partial charge in [-0.05, 0) is 89.2 Å². The van der Waals surface area contributed by atoms with Gasteiger partial charge in [0.2, 0.25) is 5.28 Å². The van der Waals surface area contributed by atoms with E-state index in [0.29, 0.717) is 23.6 Å². The molecule has 4 aliphatic carbocycles. The van der Waals surface area contributed by atoms with E-state index < -0.39 is 11.6 Å². The number of esters is 2. The van der Waals surface area contributed by atoms with Crippen LogP contribution < -0.4 is 5.32 Å². The fourth-order valence-corrected chi connectivity index (χ4v) is 6.02. The number of halogens is 1. The quantitative estimate of drug-likeness (QED) is 0.545. The summed E-state index contributed by atoms with van der Waals surface area (Å²) in [7, 11) is 0. The van der Waals surface area contributed by atoms with Crippen LogP contribution in [0.4, 0.5) is 5.82 Å². The van der Waals surface area contributed by atoms with Crippen LogP contribution >= 0.6 is 11.6 Å². The van der Waals surface area contributed by atoms with Gasteiger partial charge >= 0.3 is 11.9 Å². The number of aromatic nitrogens is 2. The highest BCUT2D eigenvalue weighted by molar-refractivity contribution is 6.28. The maximum atomic E-state index is 13.1. The van der Waals surface area contributed by atoms with E-state index in [1.54, 1.807) is 6.92 Å². The van der Waals surface area contributed by atoms with E-state index in [9.17, 15) is 9.59 Å². The van der Waals surface area contributed by atoms with Crippen LogP contribution in [-0.2, 0) is 14.3 Å². The van der Waals surface area contributed by atoms with Gasteiger partial charge in [-0.3, -0.25) is 4.79 Å². The number of carbonyl (C=O) groups excluding carboxylic acids is 2. The van der Waals surface area contributed by atoms with Crippen molar-refractivity contribution in [1.82, 2.24) is 9.97 Å². The predicted molar refractivity (Wildman–Crippen MR) is 112 cm³/mol. The number of hydrogen-bond donors (Lipinski definition) is 1. The van der Waals surface area contributed by atoms with Crippen molar-refractivity contribution in [2.75, 3.05) is 11.9 Å². The molecule has 164 valence electrons. The molecule has 4 fully saturated rings. The first-order valence-corrected chi connectivity index (χ1v) is 11.2. The van der Waals surface area contributed by atoms with Gasteiger partial charge in [0, 0.05) is 12.2 Å². The molecule has 4 saturated carbocycles. The van der Waals surface area contributed by atoms with Crippen molar-refractivity contribution in [2.45, 2.75) is 71.4 Å². The highest BCUT2D eigenvalue weighted by Gasteiger charge is 2.59. The van der Waals surface area contributed by atoms with Gasteiger partial charge in [-0.1, -0.05) is 0 Å². The van der Waals surface area contributed by atoms with Crippen molar-refractivity contribution in [3.8, 4) is 0 Å². The molecule has 5 rings (SSSR count). The van der Waals surface area contributed by atoms with Crippen LogP contribution in [0.5, 0.6) is 0 Å². The van der Waals surface area contributed by atoms with Crippen molar-refractivity contribution >= 4 is 29.4 Å². The predicted octanol–water partition coefficient (Wildman–Crippen LogP) is 4.26. The van der Waals surface area contributed by atoms with Crippen LogP contribution in [0.15, 0.2) is 6.20 Å². The normalized spacial score (nSPS) is 32.0. The van der Waals surface area contributed by atoms with E-state index in [1.807, 2.05) is 20.8 Å². The summed E-state index contributed by atoms with van der Waals surface area (Å²) in [6, 6.07) is 0.135. The second-order valence-corrected chi connectivity index (χ2v) is 10.4. The summed E-state index contributed by atoms with van der Waals surface area (Å²) in [5.41, 5.74) is -0.573. The monoisotopic (exact) mass is 435 g/mol. The smallest absolute Gasteiger partial charge is 0.343 e. The lowest BCUT2D eigenvalue weighted by atomic mass is 9.48. The fraction of sp³-hybridized carbons (Fsp3) is 0.727. The Morgan fingerprint density at radius 1 is 1.23 bits per heavy atom. The lowest BCUT2D eigenvalue weighted by molar-refractivity contribution is -0.183. The summed E-state index contributed by atoms with van der Waals surface area (Å²) in [4.78, 5) is 33.7. The summed E-state index contributed by atoms with van der Waals surface area (Å²) in [5.74, 6) is 1.10. The molecular formula is C22H30ClN3O4. The number of hydrogen-bond acceptors (Lipinski definition) is 7. The van der Waals surface area contributed by atoms with Crippen LogP contribution in [-0.4, -0.2) is 40.2 Å². The molecule has 4 bridgehead atoms. The van der Waals surface area contributed by atoms with Gasteiger partial charge in [0.1, 0.15) is 17.0 Å². The number of carbonyl (C=O) groups is 2. The van der Waals surface area contributed by atoms with Gasteiger partial charge in [-0.2, -0.15) is 4.98 Å². The standard InChI is InChI=1S/C22H30ClN3O4/c1-5-29-18(27)15-11-24-20(23)26-17(15)25-16-13-6-12-7-14(16)10-22(8-12,9-13)19(28)30-21(2,3)4/h11-14,16H,5-10H2,1-4H3,(H,24,25,26). The summed E-state index contributed by atoms with van der Waals surface area (Å²) >= 11 is 6.02. The Balaban J connectivity index is 1.56. The average Bonchev–Trinajstić information content (AvgIpc) is 2.63. The van der Waals surface area contributed by atoms with E-state index >= 15 is 0 Å². The topological polar surface area (TPSA) is 90.4 Å². The molecule has 0 spiro atoms. The molecule has 2 unspecified atom stereocenters. The molecule has 0 aliphatic heterocycles. The van der Waals surface area contributed by atoms with Gasteiger partial charge in [0.15, 0.2) is 0 Å². The number of rotatable bonds is 5. The molecule has 0 radical (unpaired) electrons. The van der Waals surface area contributed by atoms with E-state index in [1.165, 1.54) is 6.20 Å². The van der Waals surface area contributed by atoms with E-state index in [0.717, 1.165) is 32.1 Å². The lowest BCUT2D eigenvalue weighted by Gasteiger charge is -2.59. The van der Waals surface area contributed by atoms with Crippen molar-refractivity contribution in [1.29, 1.82) is 0 Å². The molecule has 30 heavy (non-hydrogen) atoms. The average molecular weight is 436 g/mol. The Morgan fingerprint density at radius 3 is 2.50 bits per heavy atom. The second kappa shape index (κ2) is 7.66. The Morgan fingerprint density at radius 2 is 1.90 bits per heavy atom. The van der Waals surface area contributed by atoms with Gasteiger partial charge in [-0.25, -0.2) is 9.78 Å². The number of ether oxygens (including phenoxy) is 2. The summed E-state index contributed by atoms with van der Waals surface area (Å²) in [6.07, 6.45) is 6.10. The minimum Gasteiger partial charge on any atom is -0.462 e. The molecule has 0 amide bonds. The van der Waals surface area contributed by atoms with Crippen LogP contribution in [0.1, 0.15) is 70.2 Å². The van der Waals surface area contributed by atoms with Crippen molar-refractivity contribution in [2.24, 2.45) is 23.2 Å². The third kappa shape index (κ3) is 4.01. The highest BCUT2D eigenvalue weighted by Crippen LogP contribution is 2.61. The van der Waals surface area contributed by atoms with Crippen molar-refractivity contribution in [3.05, 3.63) is 17.0 Å². The Bertz CT molecular complexity index is 837. The van der Waals surface area contributed by atoms with Crippen LogP contribution in [0, 0.1) is 23.2 Å². The number of nitrogens with zero attached hydrogens (tertiary/aromatic N) is 2. The third-order valence-electron chi connectivity index (χ3n) is 6.66. The molecular weight excluding hydrogens is 406 g/mol. The molecule has 0 saturated heterocycles. The van der Waals surface area contributed by atoms with E-state index in [4.69, 9.17) is 21.1 Å². The van der Waals surface area contributed by atoms with Gasteiger partial charge in [0.05, 0.1) is 12.0 Å². The van der Waals surface area contributed by atoms with Crippen LogP contribution in [0.3, 0.4) is 0 Å². The molecule has 7 nitrogen and oxygen atoms in total. The summed E-state index contributed by atoms with van der Waals surface area (Å²) in [6.45, 7) is 7.80. The lowest BCUT2D eigenvalue weighted by Crippen LogP contribution is -2.59. The zero-order valence-corrected chi connectivity index (χ0v) is 18.8. The molecule has 4 aliphatic rings. The molecule has 2 atom stereocenters. The Hall–Kier alpha value is -1.89. The van der Waals surface area contributed by atoms with E-state index in [2.05, 4.69) is 15.3 Å². The first-order chi connectivity index (χ1) is 14.1. The summed E-state index contributed by atoms with van der Waals surface area (Å²) < 4.78 is 11.0. The molecule has 1 N–H and O–H groups in total. The molecule has 8 heteroatoms. The van der Waals surface area contributed by atoms with Gasteiger partial charge < -0.3 is 14.8 Å². The fourth-order valence-electron chi connectivity index (χ4n) is 5.88. The second-order valence-electron chi connectivity index (χ2n) is 10.0. The highest BCUT2D eigenvalue weighted by atomic mass is 35.5. The van der Waals surface area contributed by atoms with Gasteiger partial charge in [0.25, 0.3) is 0 Å². The van der Waals surface area contributed by atoms with Crippen LogP contribution in [0.2, 0.25) is 5.28 Å². The first kappa shape index (κ1) is 21.3. The SMILES string of the molecule is CCOC(=O)c1cnc(Cl)nc1NC1C2CC3CC1CC(C(=O)OC(C)(C)C)(C3)C2.